The van der Waals surface area contributed by atoms with Crippen molar-refractivity contribution in [2.75, 3.05) is 11.1 Å². The van der Waals surface area contributed by atoms with Gasteiger partial charge in [-0.15, -0.1) is 6.58 Å². The molecule has 1 N–H and O–H groups in total. The van der Waals surface area contributed by atoms with E-state index in [1.807, 2.05) is 33.0 Å². The van der Waals surface area contributed by atoms with Crippen LogP contribution in [0.4, 0.5) is 5.69 Å². The highest BCUT2D eigenvalue weighted by Crippen LogP contribution is 2.21. The van der Waals surface area contributed by atoms with E-state index in [2.05, 4.69) is 22.0 Å². The number of aryl methyl sites for hydroxylation is 2. The Morgan fingerprint density at radius 1 is 1.33 bits per heavy atom. The van der Waals surface area contributed by atoms with Crippen molar-refractivity contribution in [1.82, 2.24) is 19.3 Å². The van der Waals surface area contributed by atoms with Crippen LogP contribution >= 0.6 is 11.8 Å². The van der Waals surface area contributed by atoms with Crippen LogP contribution in [0.5, 0.6) is 0 Å². The number of benzene rings is 1. The summed E-state index contributed by atoms with van der Waals surface area (Å²) in [5, 5.41) is 8.23. The lowest BCUT2D eigenvalue weighted by atomic mass is 10.2. The summed E-state index contributed by atoms with van der Waals surface area (Å²) < 4.78 is 3.26. The van der Waals surface area contributed by atoms with Gasteiger partial charge in [-0.25, -0.2) is 4.98 Å². The van der Waals surface area contributed by atoms with Gasteiger partial charge < -0.3 is 5.32 Å². The van der Waals surface area contributed by atoms with Crippen molar-refractivity contribution in [2.45, 2.75) is 25.5 Å². The van der Waals surface area contributed by atoms with E-state index in [0.717, 1.165) is 17.1 Å². The third kappa shape index (κ3) is 3.80. The van der Waals surface area contributed by atoms with Crippen LogP contribution in [0.15, 0.2) is 46.9 Å². The van der Waals surface area contributed by atoms with Crippen molar-refractivity contribution in [3.8, 4) is 0 Å². The summed E-state index contributed by atoms with van der Waals surface area (Å²) in [6.07, 6.45) is 1.64. The fourth-order valence-electron chi connectivity index (χ4n) is 2.81. The SMILES string of the molecule is C=CCn1c(SCC(=O)Nc2c(C)nn(C)c2C)nc2ccccc2c1=O. The number of carbonyl (C=O) groups excluding carboxylic acids is 1. The molecule has 0 saturated heterocycles. The number of nitrogens with zero attached hydrogens (tertiary/aromatic N) is 4. The van der Waals surface area contributed by atoms with Gasteiger partial charge in [0.2, 0.25) is 5.91 Å². The Morgan fingerprint density at radius 3 is 2.74 bits per heavy atom. The molecule has 140 valence electrons. The van der Waals surface area contributed by atoms with Gasteiger partial charge in [-0.05, 0) is 26.0 Å². The Bertz CT molecular complexity index is 1080. The summed E-state index contributed by atoms with van der Waals surface area (Å²) >= 11 is 1.23. The van der Waals surface area contributed by atoms with Gasteiger partial charge in [0.25, 0.3) is 5.56 Å². The molecule has 0 radical (unpaired) electrons. The molecule has 0 atom stereocenters. The molecule has 0 aliphatic heterocycles. The molecule has 7 nitrogen and oxygen atoms in total. The number of fused-ring (bicyclic) bond motifs is 1. The number of anilines is 1. The zero-order valence-electron chi connectivity index (χ0n) is 15.5. The second-order valence-electron chi connectivity index (χ2n) is 6.12. The first-order valence-corrected chi connectivity index (χ1v) is 9.44. The van der Waals surface area contributed by atoms with Crippen molar-refractivity contribution in [3.63, 3.8) is 0 Å². The van der Waals surface area contributed by atoms with E-state index < -0.39 is 0 Å². The van der Waals surface area contributed by atoms with Crippen LogP contribution in [0, 0.1) is 13.8 Å². The number of thioether (sulfide) groups is 1. The lowest BCUT2D eigenvalue weighted by Gasteiger charge is -2.11. The molecule has 0 fully saturated rings. The number of allylic oxidation sites excluding steroid dienone is 1. The highest BCUT2D eigenvalue weighted by atomic mass is 32.2. The number of hydrogen-bond donors (Lipinski definition) is 1. The van der Waals surface area contributed by atoms with Gasteiger partial charge in [0.05, 0.1) is 33.7 Å². The predicted octanol–water partition coefficient (Wildman–Crippen LogP) is 2.66. The molecule has 0 bridgehead atoms. The number of hydrogen-bond acceptors (Lipinski definition) is 5. The van der Waals surface area contributed by atoms with Crippen LogP contribution in [-0.4, -0.2) is 31.0 Å². The van der Waals surface area contributed by atoms with E-state index in [4.69, 9.17) is 0 Å². The van der Waals surface area contributed by atoms with E-state index in [9.17, 15) is 9.59 Å². The molecule has 0 spiro atoms. The van der Waals surface area contributed by atoms with E-state index >= 15 is 0 Å². The van der Waals surface area contributed by atoms with Crippen molar-refractivity contribution >= 4 is 34.3 Å². The molecule has 0 saturated carbocycles. The first-order chi connectivity index (χ1) is 12.9. The molecule has 1 amide bonds. The summed E-state index contributed by atoms with van der Waals surface area (Å²) in [4.78, 5) is 29.7. The quantitative estimate of drug-likeness (QED) is 0.402. The number of carbonyl (C=O) groups is 1. The molecule has 3 aromatic rings. The zero-order chi connectivity index (χ0) is 19.6. The van der Waals surface area contributed by atoms with E-state index in [0.29, 0.717) is 22.6 Å². The third-order valence-corrected chi connectivity index (χ3v) is 5.22. The molecule has 0 aliphatic carbocycles. The van der Waals surface area contributed by atoms with Gasteiger partial charge >= 0.3 is 0 Å². The predicted molar refractivity (Wildman–Crippen MR) is 108 cm³/mol. The first kappa shape index (κ1) is 18.9. The minimum Gasteiger partial charge on any atom is -0.322 e. The number of para-hydroxylation sites is 1. The molecule has 8 heteroatoms. The Kier molecular flexibility index (Phi) is 5.46. The van der Waals surface area contributed by atoms with Gasteiger partial charge in [0.15, 0.2) is 5.16 Å². The molecule has 0 unspecified atom stereocenters. The zero-order valence-corrected chi connectivity index (χ0v) is 16.3. The fourth-order valence-corrected chi connectivity index (χ4v) is 3.62. The molecule has 2 aromatic heterocycles. The lowest BCUT2D eigenvalue weighted by molar-refractivity contribution is -0.113. The molecule has 1 aromatic carbocycles. The molecular weight excluding hydrogens is 362 g/mol. The fraction of sp³-hybridized carbons (Fsp3) is 0.263. The molecule has 0 aliphatic rings. The highest BCUT2D eigenvalue weighted by molar-refractivity contribution is 7.99. The maximum absolute atomic E-state index is 12.7. The normalized spacial score (nSPS) is 10.9. The number of aromatic nitrogens is 4. The van der Waals surface area contributed by atoms with Crippen LogP contribution in [0.3, 0.4) is 0 Å². The maximum Gasteiger partial charge on any atom is 0.262 e. The van der Waals surface area contributed by atoms with Crippen molar-refractivity contribution < 1.29 is 4.79 Å². The number of nitrogens with one attached hydrogen (secondary N) is 1. The smallest absolute Gasteiger partial charge is 0.262 e. The largest absolute Gasteiger partial charge is 0.322 e. The summed E-state index contributed by atoms with van der Waals surface area (Å²) in [5.74, 6) is -0.0397. The molecule has 2 heterocycles. The van der Waals surface area contributed by atoms with Gasteiger partial charge in [0.1, 0.15) is 0 Å². The second kappa shape index (κ2) is 7.79. The van der Waals surface area contributed by atoms with Crippen LogP contribution in [0.2, 0.25) is 0 Å². The maximum atomic E-state index is 12.7. The Labute approximate surface area is 161 Å². The Morgan fingerprint density at radius 2 is 2.07 bits per heavy atom. The Balaban J connectivity index is 1.83. The van der Waals surface area contributed by atoms with E-state index in [1.54, 1.807) is 22.9 Å². The molecule has 3 rings (SSSR count). The minimum absolute atomic E-state index is 0.135. The topological polar surface area (TPSA) is 81.8 Å². The van der Waals surface area contributed by atoms with Crippen LogP contribution in [0.25, 0.3) is 10.9 Å². The van der Waals surface area contributed by atoms with Crippen LogP contribution < -0.4 is 10.9 Å². The van der Waals surface area contributed by atoms with Gasteiger partial charge in [-0.3, -0.25) is 18.8 Å². The summed E-state index contributed by atoms with van der Waals surface area (Å²) in [6.45, 7) is 7.79. The molecule has 27 heavy (non-hydrogen) atoms. The highest BCUT2D eigenvalue weighted by Gasteiger charge is 2.15. The third-order valence-electron chi connectivity index (χ3n) is 4.24. The standard InChI is InChI=1S/C19H21N5O2S/c1-5-10-24-18(26)14-8-6-7-9-15(14)20-19(24)27-11-16(25)21-17-12(2)22-23(4)13(17)3/h5-9H,1,10-11H2,2-4H3,(H,21,25). The second-order valence-corrected chi connectivity index (χ2v) is 7.06. The van der Waals surface area contributed by atoms with E-state index in [1.165, 1.54) is 16.3 Å². The average Bonchev–Trinajstić information content (AvgIpc) is 2.89. The first-order valence-electron chi connectivity index (χ1n) is 8.45. The number of amides is 1. The number of rotatable bonds is 6. The summed E-state index contributed by atoms with van der Waals surface area (Å²) in [7, 11) is 1.83. The van der Waals surface area contributed by atoms with Gasteiger partial charge in [-0.1, -0.05) is 30.0 Å². The van der Waals surface area contributed by atoms with Crippen molar-refractivity contribution in [2.24, 2.45) is 7.05 Å². The summed E-state index contributed by atoms with van der Waals surface area (Å²) in [5.41, 5.74) is 2.85. The van der Waals surface area contributed by atoms with E-state index in [-0.39, 0.29) is 17.2 Å². The van der Waals surface area contributed by atoms with Crippen LogP contribution in [-0.2, 0) is 18.4 Å². The lowest BCUT2D eigenvalue weighted by Crippen LogP contribution is -2.24. The Hall–Kier alpha value is -2.87. The molecular formula is C19H21N5O2S. The average molecular weight is 383 g/mol. The van der Waals surface area contributed by atoms with Crippen molar-refractivity contribution in [3.05, 3.63) is 58.7 Å². The van der Waals surface area contributed by atoms with Crippen LogP contribution in [0.1, 0.15) is 11.4 Å². The van der Waals surface area contributed by atoms with Crippen molar-refractivity contribution in [1.29, 1.82) is 0 Å². The van der Waals surface area contributed by atoms with Gasteiger partial charge in [-0.2, -0.15) is 5.10 Å². The monoisotopic (exact) mass is 383 g/mol. The minimum atomic E-state index is -0.174. The van der Waals surface area contributed by atoms with Gasteiger partial charge in [0, 0.05) is 13.6 Å². The summed E-state index contributed by atoms with van der Waals surface area (Å²) in [6, 6.07) is 7.19.